The van der Waals surface area contributed by atoms with Gasteiger partial charge in [0.1, 0.15) is 13.2 Å². The number of likely N-dealkylation sites (N-methyl/N-ethyl adjacent to an activating group) is 1. The van der Waals surface area contributed by atoms with Gasteiger partial charge in [0.05, 0.1) is 39.9 Å². The summed E-state index contributed by atoms with van der Waals surface area (Å²) in [6.45, 7) is 4.51. The summed E-state index contributed by atoms with van der Waals surface area (Å²) >= 11 is 0. The molecule has 0 aromatic heterocycles. The van der Waals surface area contributed by atoms with Crippen molar-refractivity contribution >= 4 is 13.7 Å². The Bertz CT molecular complexity index is 1190. The first-order chi connectivity index (χ1) is 28.5. The first kappa shape index (κ1) is 56.9. The van der Waals surface area contributed by atoms with Crippen LogP contribution in [0.4, 0.5) is 0 Å². The van der Waals surface area contributed by atoms with E-state index in [4.69, 9.17) is 9.05 Å². The van der Waals surface area contributed by atoms with Gasteiger partial charge < -0.3 is 28.8 Å². The number of carbonyl (C=O) groups excluding carboxylic acids is 1. The standard InChI is InChI=1S/C50H91N2O6P/c1-6-8-10-12-14-16-18-20-22-23-24-25-26-27-28-29-30-32-34-36-38-40-42-44-50(54)51-48(47-58-59(55,56)57-46-45-52(3,4)5)49(53)43-41-39-37-35-33-31-21-19-17-15-13-11-9-7-2/h8,10,14,16,20,22,24-25,27-28,41,43,48-49,53H,6-7,9,11-13,15,17-19,21,23,26,29-40,42,44-47H2,1-5H3,(H-,51,54,55,56)/b10-8-,16-14-,22-20-,25-24-,28-27-,43-41+. The molecule has 0 radical (unpaired) electrons. The van der Waals surface area contributed by atoms with Crippen molar-refractivity contribution in [3.8, 4) is 0 Å². The monoisotopic (exact) mass is 847 g/mol. The Morgan fingerprint density at radius 1 is 0.610 bits per heavy atom. The highest BCUT2D eigenvalue weighted by atomic mass is 31.2. The molecule has 1 amide bonds. The fourth-order valence-corrected chi connectivity index (χ4v) is 7.14. The van der Waals surface area contributed by atoms with Crippen LogP contribution in [-0.4, -0.2) is 68.5 Å². The fraction of sp³-hybridized carbons (Fsp3) is 0.740. The van der Waals surface area contributed by atoms with Crippen molar-refractivity contribution in [3.05, 3.63) is 72.9 Å². The molecule has 0 aromatic rings. The average molecular weight is 847 g/mol. The van der Waals surface area contributed by atoms with Crippen molar-refractivity contribution in [2.24, 2.45) is 0 Å². The summed E-state index contributed by atoms with van der Waals surface area (Å²) in [5.74, 6) is -0.212. The number of aliphatic hydroxyl groups excluding tert-OH is 1. The highest BCUT2D eigenvalue weighted by molar-refractivity contribution is 7.45. The van der Waals surface area contributed by atoms with Gasteiger partial charge >= 0.3 is 0 Å². The number of phosphoric acid groups is 1. The van der Waals surface area contributed by atoms with E-state index in [0.717, 1.165) is 83.5 Å². The predicted octanol–water partition coefficient (Wildman–Crippen LogP) is 12.9. The molecule has 0 saturated heterocycles. The number of carbonyl (C=O) groups is 1. The molecule has 9 heteroatoms. The Hall–Kier alpha value is -2.06. The SMILES string of the molecule is CC/C=C\C/C=C\C/C=C\C/C=C\C/C=C\CCCCCCCCCC(=O)NC(COP(=O)([O-])OCC[N+](C)(C)C)C(O)/C=C/CCCCCCCCCCCCCC. The topological polar surface area (TPSA) is 108 Å². The number of amides is 1. The van der Waals surface area contributed by atoms with Gasteiger partial charge in [-0.1, -0.05) is 189 Å². The molecule has 0 heterocycles. The minimum Gasteiger partial charge on any atom is -0.756 e. The quantitative estimate of drug-likeness (QED) is 0.0274. The van der Waals surface area contributed by atoms with Crippen LogP contribution in [-0.2, 0) is 18.4 Å². The third-order valence-corrected chi connectivity index (χ3v) is 11.1. The van der Waals surface area contributed by atoms with Gasteiger partial charge in [-0.3, -0.25) is 9.36 Å². The van der Waals surface area contributed by atoms with Gasteiger partial charge in [0.15, 0.2) is 0 Å². The summed E-state index contributed by atoms with van der Waals surface area (Å²) in [5, 5.41) is 13.8. The van der Waals surface area contributed by atoms with E-state index in [0.29, 0.717) is 17.4 Å². The number of hydrogen-bond acceptors (Lipinski definition) is 6. The molecule has 0 aliphatic heterocycles. The van der Waals surface area contributed by atoms with Crippen LogP contribution < -0.4 is 10.2 Å². The first-order valence-corrected chi connectivity index (χ1v) is 25.3. The van der Waals surface area contributed by atoms with E-state index in [1.807, 2.05) is 27.2 Å². The molecular weight excluding hydrogens is 756 g/mol. The molecule has 0 fully saturated rings. The number of quaternary nitrogens is 1. The zero-order chi connectivity index (χ0) is 43.6. The lowest BCUT2D eigenvalue weighted by molar-refractivity contribution is -0.870. The Morgan fingerprint density at radius 3 is 1.51 bits per heavy atom. The van der Waals surface area contributed by atoms with Crippen LogP contribution in [0.5, 0.6) is 0 Å². The van der Waals surface area contributed by atoms with Crippen molar-refractivity contribution in [1.82, 2.24) is 5.32 Å². The molecule has 3 atom stereocenters. The number of nitrogens with zero attached hydrogens (tertiary/aromatic N) is 1. The summed E-state index contributed by atoms with van der Waals surface area (Å²) in [6.07, 6.45) is 55.1. The maximum Gasteiger partial charge on any atom is 0.268 e. The van der Waals surface area contributed by atoms with Crippen molar-refractivity contribution in [3.63, 3.8) is 0 Å². The average Bonchev–Trinajstić information content (AvgIpc) is 3.19. The van der Waals surface area contributed by atoms with Crippen molar-refractivity contribution < 1.29 is 32.9 Å². The van der Waals surface area contributed by atoms with Gasteiger partial charge in [0, 0.05) is 6.42 Å². The number of phosphoric ester groups is 1. The van der Waals surface area contributed by atoms with E-state index in [9.17, 15) is 19.4 Å². The highest BCUT2D eigenvalue weighted by Crippen LogP contribution is 2.38. The van der Waals surface area contributed by atoms with E-state index < -0.39 is 20.0 Å². The maximum absolute atomic E-state index is 12.9. The van der Waals surface area contributed by atoms with Gasteiger partial charge in [0.25, 0.3) is 7.82 Å². The van der Waals surface area contributed by atoms with Crippen LogP contribution in [0, 0.1) is 0 Å². The van der Waals surface area contributed by atoms with Crippen molar-refractivity contribution in [2.45, 2.75) is 199 Å². The molecule has 0 aliphatic rings. The second kappa shape index (κ2) is 41.3. The lowest BCUT2D eigenvalue weighted by atomic mass is 10.0. The van der Waals surface area contributed by atoms with Crippen molar-refractivity contribution in [1.29, 1.82) is 0 Å². The molecule has 0 aliphatic carbocycles. The largest absolute Gasteiger partial charge is 0.756 e. The zero-order valence-corrected chi connectivity index (χ0v) is 39.6. The van der Waals surface area contributed by atoms with Gasteiger partial charge in [0.2, 0.25) is 5.91 Å². The summed E-state index contributed by atoms with van der Waals surface area (Å²) < 4.78 is 23.2. The highest BCUT2D eigenvalue weighted by Gasteiger charge is 2.23. The van der Waals surface area contributed by atoms with Gasteiger partial charge in [-0.05, 0) is 64.2 Å². The summed E-state index contributed by atoms with van der Waals surface area (Å²) in [7, 11) is 1.24. The molecule has 0 rings (SSSR count). The van der Waals surface area contributed by atoms with Crippen LogP contribution in [0.15, 0.2) is 72.9 Å². The molecule has 342 valence electrons. The van der Waals surface area contributed by atoms with Crippen LogP contribution in [0.25, 0.3) is 0 Å². The van der Waals surface area contributed by atoms with E-state index >= 15 is 0 Å². The van der Waals surface area contributed by atoms with Crippen molar-refractivity contribution in [2.75, 3.05) is 40.9 Å². The smallest absolute Gasteiger partial charge is 0.268 e. The van der Waals surface area contributed by atoms with Gasteiger partial charge in [-0.15, -0.1) is 0 Å². The number of rotatable bonds is 42. The number of nitrogens with one attached hydrogen (secondary N) is 1. The van der Waals surface area contributed by atoms with Crippen LogP contribution >= 0.6 is 7.82 Å². The number of unbranched alkanes of at least 4 members (excludes halogenated alkanes) is 19. The maximum atomic E-state index is 12.9. The van der Waals surface area contributed by atoms with Crippen LogP contribution in [0.2, 0.25) is 0 Å². The molecule has 0 bridgehead atoms. The summed E-state index contributed by atoms with van der Waals surface area (Å²) in [5.41, 5.74) is 0. The predicted molar refractivity (Wildman–Crippen MR) is 251 cm³/mol. The van der Waals surface area contributed by atoms with Gasteiger partial charge in [-0.25, -0.2) is 0 Å². The first-order valence-electron chi connectivity index (χ1n) is 23.8. The molecular formula is C50H91N2O6P. The molecule has 2 N–H and O–H groups in total. The minimum atomic E-state index is -4.60. The second-order valence-corrected chi connectivity index (χ2v) is 18.5. The Labute approximate surface area is 364 Å². The Balaban J connectivity index is 4.37. The molecule has 3 unspecified atom stereocenters. The Morgan fingerprint density at radius 2 is 1.03 bits per heavy atom. The lowest BCUT2D eigenvalue weighted by Gasteiger charge is -2.29. The number of aliphatic hydroxyl groups is 1. The molecule has 0 aromatic carbocycles. The lowest BCUT2D eigenvalue weighted by Crippen LogP contribution is -2.45. The molecule has 0 saturated carbocycles. The molecule has 59 heavy (non-hydrogen) atoms. The molecule has 0 spiro atoms. The van der Waals surface area contributed by atoms with E-state index in [2.05, 4.69) is 79.9 Å². The third-order valence-electron chi connectivity index (χ3n) is 10.2. The van der Waals surface area contributed by atoms with Crippen LogP contribution in [0.1, 0.15) is 187 Å². The minimum absolute atomic E-state index is 0.00684. The summed E-state index contributed by atoms with van der Waals surface area (Å²) in [4.78, 5) is 25.3. The van der Waals surface area contributed by atoms with E-state index in [-0.39, 0.29) is 19.1 Å². The van der Waals surface area contributed by atoms with E-state index in [1.165, 1.54) is 83.5 Å². The third kappa shape index (κ3) is 43.8. The van der Waals surface area contributed by atoms with Crippen LogP contribution in [0.3, 0.4) is 0 Å². The fourth-order valence-electron chi connectivity index (χ4n) is 6.41. The normalized spacial score (nSPS) is 14.9. The molecule has 8 nitrogen and oxygen atoms in total. The zero-order valence-electron chi connectivity index (χ0n) is 38.7. The van der Waals surface area contributed by atoms with Gasteiger partial charge in [-0.2, -0.15) is 0 Å². The number of hydrogen-bond donors (Lipinski definition) is 2. The second-order valence-electron chi connectivity index (χ2n) is 17.1. The Kier molecular flexibility index (Phi) is 39.9. The number of allylic oxidation sites excluding steroid dienone is 11. The van der Waals surface area contributed by atoms with E-state index in [1.54, 1.807) is 6.08 Å². The summed E-state index contributed by atoms with van der Waals surface area (Å²) in [6, 6.07) is -0.895.